The second-order valence-corrected chi connectivity index (χ2v) is 7.76. The molecular weight excluding hydrogens is 358 g/mol. The minimum atomic E-state index is 0.112. The van der Waals surface area contributed by atoms with E-state index >= 15 is 0 Å². The van der Waals surface area contributed by atoms with E-state index in [-0.39, 0.29) is 17.7 Å². The first-order valence-corrected chi connectivity index (χ1v) is 10.6. The van der Waals surface area contributed by atoms with Gasteiger partial charge in [0, 0.05) is 24.6 Å². The Kier molecular flexibility index (Phi) is 9.08. The Morgan fingerprint density at radius 1 is 1.30 bits per heavy atom. The van der Waals surface area contributed by atoms with Gasteiger partial charge in [0.25, 0.3) is 5.17 Å². The van der Waals surface area contributed by atoms with Gasteiger partial charge >= 0.3 is 0 Å². The van der Waals surface area contributed by atoms with Crippen LogP contribution in [0.3, 0.4) is 0 Å². The number of unbranched alkanes of at least 4 members (excludes halogenated alkanes) is 2. The number of allylic oxidation sites excluding steroid dienone is 2. The molecule has 0 saturated carbocycles. The van der Waals surface area contributed by atoms with Gasteiger partial charge in [-0.3, -0.25) is 0 Å². The van der Waals surface area contributed by atoms with Crippen molar-refractivity contribution in [2.24, 2.45) is 0 Å². The highest BCUT2D eigenvalue weighted by Gasteiger charge is 2.23. The molecule has 1 aromatic rings. The first-order valence-electron chi connectivity index (χ1n) is 10.1. The van der Waals surface area contributed by atoms with Gasteiger partial charge in [-0.15, -0.1) is 0 Å². The third-order valence-corrected chi connectivity index (χ3v) is 5.23. The number of aryl methyl sites for hydroxylation is 1. The van der Waals surface area contributed by atoms with Gasteiger partial charge in [-0.2, -0.15) is 0 Å². The van der Waals surface area contributed by atoms with Crippen molar-refractivity contribution < 1.29 is 14.9 Å². The number of rotatable bonds is 9. The molecule has 5 heteroatoms. The highest BCUT2D eigenvalue weighted by atomic mass is 32.1. The van der Waals surface area contributed by atoms with Crippen LogP contribution in [-0.2, 0) is 6.42 Å². The molecule has 1 aromatic carbocycles. The molecule has 0 heterocycles. The molecule has 2 rings (SSSR count). The van der Waals surface area contributed by atoms with Gasteiger partial charge in [0.05, 0.1) is 0 Å². The summed E-state index contributed by atoms with van der Waals surface area (Å²) in [6, 6.07) is 3.92. The van der Waals surface area contributed by atoms with Crippen molar-refractivity contribution in [3.05, 3.63) is 34.9 Å². The van der Waals surface area contributed by atoms with Crippen LogP contribution in [0.1, 0.15) is 75.8 Å². The molecular formula is C22H33NO3S. The summed E-state index contributed by atoms with van der Waals surface area (Å²) < 4.78 is 5.96. The van der Waals surface area contributed by atoms with Crippen LogP contribution < -0.4 is 10.1 Å². The van der Waals surface area contributed by atoms with E-state index in [0.717, 1.165) is 43.2 Å². The molecule has 0 saturated heterocycles. The van der Waals surface area contributed by atoms with Crippen molar-refractivity contribution in [2.75, 3.05) is 13.2 Å². The van der Waals surface area contributed by atoms with Crippen LogP contribution in [0.4, 0.5) is 0 Å². The summed E-state index contributed by atoms with van der Waals surface area (Å²) in [6.07, 6.45) is 10.4. The average Bonchev–Trinajstić information content (AvgIpc) is 2.62. The molecule has 0 bridgehead atoms. The van der Waals surface area contributed by atoms with Gasteiger partial charge in [0.2, 0.25) is 0 Å². The molecule has 0 aliphatic heterocycles. The van der Waals surface area contributed by atoms with Gasteiger partial charge in [-0.05, 0) is 75.4 Å². The number of nitrogens with one attached hydrogen (secondary N) is 1. The van der Waals surface area contributed by atoms with Gasteiger partial charge in [0.1, 0.15) is 11.5 Å². The lowest BCUT2D eigenvalue weighted by atomic mass is 9.84. The summed E-state index contributed by atoms with van der Waals surface area (Å²) in [6.45, 7) is 5.00. The minimum Gasteiger partial charge on any atom is -0.507 e. The van der Waals surface area contributed by atoms with Gasteiger partial charge in [-0.25, -0.2) is 0 Å². The number of thiocarbonyl (C=S) groups is 1. The number of aromatic hydroxyl groups is 1. The lowest BCUT2D eigenvalue weighted by Gasteiger charge is -2.24. The Labute approximate surface area is 168 Å². The van der Waals surface area contributed by atoms with Gasteiger partial charge in [-0.1, -0.05) is 31.4 Å². The fourth-order valence-corrected chi connectivity index (χ4v) is 3.78. The van der Waals surface area contributed by atoms with Crippen molar-refractivity contribution >= 4 is 17.4 Å². The molecule has 3 N–H and O–H groups in total. The van der Waals surface area contributed by atoms with E-state index in [2.05, 4.69) is 25.2 Å². The first-order chi connectivity index (χ1) is 13.0. The predicted octanol–water partition coefficient (Wildman–Crippen LogP) is 4.97. The molecule has 0 aromatic heterocycles. The number of phenolic OH excluding ortho intramolecular Hbond substituents is 1. The Morgan fingerprint density at radius 2 is 2.11 bits per heavy atom. The molecule has 4 nitrogen and oxygen atoms in total. The lowest BCUT2D eigenvalue weighted by molar-refractivity contribution is 0.288. The third-order valence-electron chi connectivity index (χ3n) is 5.00. The Hall–Kier alpha value is -1.59. The van der Waals surface area contributed by atoms with Crippen molar-refractivity contribution in [2.45, 2.75) is 71.1 Å². The molecule has 150 valence electrons. The molecule has 0 amide bonds. The third kappa shape index (κ3) is 6.82. The van der Waals surface area contributed by atoms with E-state index in [1.54, 1.807) is 0 Å². The molecule has 1 aliphatic carbocycles. The number of hydrogen-bond donors (Lipinski definition) is 3. The Balaban J connectivity index is 2.26. The average molecular weight is 392 g/mol. The fourth-order valence-electron chi connectivity index (χ4n) is 3.59. The number of aliphatic hydroxyl groups is 1. The Bertz CT molecular complexity index is 657. The zero-order chi connectivity index (χ0) is 19.6. The maximum Gasteiger partial charge on any atom is 0.262 e. The number of phenols is 1. The van der Waals surface area contributed by atoms with E-state index in [1.165, 1.54) is 18.4 Å². The number of benzene rings is 1. The first kappa shape index (κ1) is 21.7. The summed E-state index contributed by atoms with van der Waals surface area (Å²) in [5.74, 6) is 1.10. The highest BCUT2D eigenvalue weighted by Crippen LogP contribution is 2.42. The summed E-state index contributed by atoms with van der Waals surface area (Å²) in [5, 5.41) is 23.0. The van der Waals surface area contributed by atoms with Crippen LogP contribution in [-0.4, -0.2) is 28.5 Å². The highest BCUT2D eigenvalue weighted by molar-refractivity contribution is 7.80. The topological polar surface area (TPSA) is 61.7 Å². The van der Waals surface area contributed by atoms with Crippen molar-refractivity contribution in [1.29, 1.82) is 0 Å². The summed E-state index contributed by atoms with van der Waals surface area (Å²) in [7, 11) is 0. The van der Waals surface area contributed by atoms with Crippen molar-refractivity contribution in [1.82, 2.24) is 5.32 Å². The SMILES string of the molecule is CCCCCc1cc(O)c(C2C=C(C)CCC2)c(OC(=S)NCCCO)c1. The van der Waals surface area contributed by atoms with E-state index in [1.807, 2.05) is 12.1 Å². The monoisotopic (exact) mass is 391 g/mol. The van der Waals surface area contributed by atoms with E-state index in [9.17, 15) is 5.11 Å². The molecule has 1 aliphatic rings. The number of ether oxygens (including phenoxy) is 1. The Morgan fingerprint density at radius 3 is 2.81 bits per heavy atom. The largest absolute Gasteiger partial charge is 0.507 e. The van der Waals surface area contributed by atoms with Crippen LogP contribution in [0.5, 0.6) is 11.5 Å². The normalized spacial score (nSPS) is 16.7. The standard InChI is InChI=1S/C22H33NO3S/c1-3-4-5-9-17-14-19(25)21(18-10-6-8-16(2)13-18)20(15-17)26-22(27)23-11-7-12-24/h13-15,18,24-25H,3-12H2,1-2H3,(H,23,27). The van der Waals surface area contributed by atoms with E-state index in [0.29, 0.717) is 24.5 Å². The fraction of sp³-hybridized carbons (Fsp3) is 0.591. The number of hydrogen-bond acceptors (Lipinski definition) is 4. The van der Waals surface area contributed by atoms with Crippen molar-refractivity contribution in [3.63, 3.8) is 0 Å². The summed E-state index contributed by atoms with van der Waals surface area (Å²) in [5.41, 5.74) is 3.27. The molecule has 27 heavy (non-hydrogen) atoms. The molecule has 0 fully saturated rings. The molecule has 0 radical (unpaired) electrons. The lowest BCUT2D eigenvalue weighted by Crippen LogP contribution is -2.28. The second-order valence-electron chi connectivity index (χ2n) is 7.39. The molecule has 1 unspecified atom stereocenters. The van der Waals surface area contributed by atoms with Crippen molar-refractivity contribution in [3.8, 4) is 11.5 Å². The van der Waals surface area contributed by atoms with Crippen LogP contribution >= 0.6 is 12.2 Å². The van der Waals surface area contributed by atoms with Crippen LogP contribution in [0.25, 0.3) is 0 Å². The quantitative estimate of drug-likeness (QED) is 0.315. The summed E-state index contributed by atoms with van der Waals surface area (Å²) in [4.78, 5) is 0. The number of aliphatic hydroxyl groups excluding tert-OH is 1. The zero-order valence-electron chi connectivity index (χ0n) is 16.6. The smallest absolute Gasteiger partial charge is 0.262 e. The second kappa shape index (κ2) is 11.3. The van der Waals surface area contributed by atoms with Crippen LogP contribution in [0.2, 0.25) is 0 Å². The minimum absolute atomic E-state index is 0.112. The molecule has 0 spiro atoms. The van der Waals surface area contributed by atoms with Crippen LogP contribution in [0.15, 0.2) is 23.8 Å². The summed E-state index contributed by atoms with van der Waals surface area (Å²) >= 11 is 5.31. The van der Waals surface area contributed by atoms with E-state index in [4.69, 9.17) is 22.1 Å². The van der Waals surface area contributed by atoms with E-state index < -0.39 is 0 Å². The maximum absolute atomic E-state index is 10.8. The predicted molar refractivity (Wildman–Crippen MR) is 115 cm³/mol. The maximum atomic E-state index is 10.8. The van der Waals surface area contributed by atoms with Gasteiger partial charge < -0.3 is 20.3 Å². The van der Waals surface area contributed by atoms with Crippen LogP contribution in [0, 0.1) is 0 Å². The zero-order valence-corrected chi connectivity index (χ0v) is 17.4. The molecule has 1 atom stereocenters. The van der Waals surface area contributed by atoms with Gasteiger partial charge in [0.15, 0.2) is 0 Å².